The number of amides is 1. The highest BCUT2D eigenvalue weighted by molar-refractivity contribution is 5.76. The minimum Gasteiger partial charge on any atom is -0.398 e. The zero-order valence-corrected chi connectivity index (χ0v) is 11.6. The van der Waals surface area contributed by atoms with Crippen LogP contribution in [0.2, 0.25) is 0 Å². The molecule has 2 unspecified atom stereocenters. The van der Waals surface area contributed by atoms with Crippen molar-refractivity contribution in [1.29, 1.82) is 0 Å². The van der Waals surface area contributed by atoms with E-state index in [0.717, 1.165) is 19.4 Å². The molecule has 2 heterocycles. The molecule has 0 spiro atoms. The highest BCUT2D eigenvalue weighted by Gasteiger charge is 2.37. The van der Waals surface area contributed by atoms with Gasteiger partial charge >= 0.3 is 0 Å². The van der Waals surface area contributed by atoms with Gasteiger partial charge in [-0.1, -0.05) is 12.8 Å². The molecule has 2 aliphatic rings. The van der Waals surface area contributed by atoms with Gasteiger partial charge in [0.05, 0.1) is 0 Å². The molecule has 3 rings (SSSR count). The Morgan fingerprint density at radius 2 is 2.05 bits per heavy atom. The quantitative estimate of drug-likeness (QED) is 0.882. The summed E-state index contributed by atoms with van der Waals surface area (Å²) in [5, 5.41) is 0. The summed E-state index contributed by atoms with van der Waals surface area (Å²) < 4.78 is 1.41. The van der Waals surface area contributed by atoms with Crippen molar-refractivity contribution in [3.05, 3.63) is 28.7 Å². The van der Waals surface area contributed by atoms with E-state index in [2.05, 4.69) is 0 Å². The van der Waals surface area contributed by atoms with Crippen molar-refractivity contribution < 1.29 is 4.79 Å². The summed E-state index contributed by atoms with van der Waals surface area (Å²) in [5.41, 5.74) is 6.01. The lowest BCUT2D eigenvalue weighted by Crippen LogP contribution is -2.42. The van der Waals surface area contributed by atoms with E-state index in [-0.39, 0.29) is 18.0 Å². The van der Waals surface area contributed by atoms with Crippen LogP contribution in [0, 0.1) is 5.92 Å². The van der Waals surface area contributed by atoms with Gasteiger partial charge in [0.15, 0.2) is 0 Å². The molecule has 5 heteroatoms. The van der Waals surface area contributed by atoms with Crippen molar-refractivity contribution in [3.63, 3.8) is 0 Å². The van der Waals surface area contributed by atoms with Gasteiger partial charge in [-0.2, -0.15) is 0 Å². The van der Waals surface area contributed by atoms with Crippen molar-refractivity contribution in [3.8, 4) is 0 Å². The molecule has 1 aromatic heterocycles. The number of hydrogen-bond donors (Lipinski definition) is 1. The molecule has 1 saturated heterocycles. The highest BCUT2D eigenvalue weighted by Crippen LogP contribution is 2.36. The predicted molar refractivity (Wildman–Crippen MR) is 77.2 cm³/mol. The molecule has 5 nitrogen and oxygen atoms in total. The molecule has 1 aliphatic carbocycles. The van der Waals surface area contributed by atoms with Crippen molar-refractivity contribution in [2.24, 2.45) is 5.92 Å². The summed E-state index contributed by atoms with van der Waals surface area (Å²) in [6, 6.07) is 3.37. The van der Waals surface area contributed by atoms with Crippen molar-refractivity contribution in [1.82, 2.24) is 9.47 Å². The number of rotatable bonds is 2. The highest BCUT2D eigenvalue weighted by atomic mass is 16.2. The number of carbonyl (C=O) groups is 1. The van der Waals surface area contributed by atoms with E-state index < -0.39 is 0 Å². The fraction of sp³-hybridized carbons (Fsp3) is 0.600. The van der Waals surface area contributed by atoms with Crippen LogP contribution in [0.4, 0.5) is 5.69 Å². The SMILES string of the molecule is Nc1ccc(=O)n(CC(=O)N2CCC3CCCCC32)c1. The second kappa shape index (κ2) is 5.31. The Hall–Kier alpha value is -1.78. The van der Waals surface area contributed by atoms with Gasteiger partial charge in [0.1, 0.15) is 6.54 Å². The zero-order valence-electron chi connectivity index (χ0n) is 11.6. The Morgan fingerprint density at radius 1 is 1.25 bits per heavy atom. The number of carbonyl (C=O) groups excluding carboxylic acids is 1. The first-order valence-corrected chi connectivity index (χ1v) is 7.40. The number of anilines is 1. The second-order valence-corrected chi connectivity index (χ2v) is 5.92. The van der Waals surface area contributed by atoms with Crippen LogP contribution in [0.15, 0.2) is 23.1 Å². The molecule has 20 heavy (non-hydrogen) atoms. The normalized spacial score (nSPS) is 25.5. The van der Waals surface area contributed by atoms with Crippen LogP contribution < -0.4 is 11.3 Å². The second-order valence-electron chi connectivity index (χ2n) is 5.92. The fourth-order valence-corrected chi connectivity index (χ4v) is 3.63. The number of likely N-dealkylation sites (tertiary alicyclic amines) is 1. The Balaban J connectivity index is 1.73. The van der Waals surface area contributed by atoms with Gasteiger partial charge in [0.2, 0.25) is 5.91 Å². The number of nitrogen functional groups attached to an aromatic ring is 1. The molecular weight excluding hydrogens is 254 g/mol. The number of nitrogens with zero attached hydrogens (tertiary/aromatic N) is 2. The van der Waals surface area contributed by atoms with Crippen molar-refractivity contribution in [2.45, 2.75) is 44.7 Å². The summed E-state index contributed by atoms with van der Waals surface area (Å²) in [7, 11) is 0. The first kappa shape index (κ1) is 13.2. The van der Waals surface area contributed by atoms with E-state index >= 15 is 0 Å². The van der Waals surface area contributed by atoms with Gasteiger partial charge in [0.25, 0.3) is 5.56 Å². The van der Waals surface area contributed by atoms with Gasteiger partial charge in [-0.25, -0.2) is 0 Å². The molecule has 0 aromatic carbocycles. The van der Waals surface area contributed by atoms with E-state index in [0.29, 0.717) is 17.6 Å². The maximum absolute atomic E-state index is 12.5. The first-order chi connectivity index (χ1) is 9.65. The molecular formula is C15H21N3O2. The number of fused-ring (bicyclic) bond motifs is 1. The Morgan fingerprint density at radius 3 is 2.90 bits per heavy atom. The van der Waals surface area contributed by atoms with Crippen molar-refractivity contribution in [2.75, 3.05) is 12.3 Å². The summed E-state index contributed by atoms with van der Waals surface area (Å²) in [6.07, 6.45) is 7.52. The van der Waals surface area contributed by atoms with Crippen LogP contribution in [0.1, 0.15) is 32.1 Å². The molecule has 1 amide bonds. The average molecular weight is 275 g/mol. The minimum atomic E-state index is -0.174. The van der Waals surface area contributed by atoms with E-state index in [1.54, 1.807) is 12.3 Å². The maximum atomic E-state index is 12.5. The summed E-state index contributed by atoms with van der Waals surface area (Å²) in [4.78, 5) is 26.2. The molecule has 0 radical (unpaired) electrons. The molecule has 1 saturated carbocycles. The summed E-state index contributed by atoms with van der Waals surface area (Å²) >= 11 is 0. The van der Waals surface area contributed by atoms with E-state index in [4.69, 9.17) is 5.73 Å². The largest absolute Gasteiger partial charge is 0.398 e. The monoisotopic (exact) mass is 275 g/mol. The fourth-order valence-electron chi connectivity index (χ4n) is 3.63. The maximum Gasteiger partial charge on any atom is 0.251 e. The van der Waals surface area contributed by atoms with Gasteiger partial charge in [0, 0.05) is 30.5 Å². The molecule has 1 aromatic rings. The average Bonchev–Trinajstić information content (AvgIpc) is 2.87. The molecule has 1 aliphatic heterocycles. The number of nitrogens with two attached hydrogens (primary N) is 1. The standard InChI is InChI=1S/C15H21N3O2/c16-12-5-6-14(19)17(9-12)10-15(20)18-8-7-11-3-1-2-4-13(11)18/h5-6,9,11,13H,1-4,7-8,10,16H2. The van der Waals surface area contributed by atoms with E-state index in [1.807, 2.05) is 4.90 Å². The minimum absolute atomic E-state index is 0.0482. The Kier molecular flexibility index (Phi) is 3.51. The van der Waals surface area contributed by atoms with Crippen molar-refractivity contribution >= 4 is 11.6 Å². The van der Waals surface area contributed by atoms with Crippen LogP contribution in [0.3, 0.4) is 0 Å². The molecule has 0 bridgehead atoms. The number of pyridine rings is 1. The van der Waals surface area contributed by atoms with Gasteiger partial charge in [-0.15, -0.1) is 0 Å². The lowest BCUT2D eigenvalue weighted by molar-refractivity contribution is -0.133. The van der Waals surface area contributed by atoms with E-state index in [1.165, 1.54) is 29.9 Å². The number of aromatic nitrogens is 1. The lowest BCUT2D eigenvalue weighted by Gasteiger charge is -2.31. The summed E-state index contributed by atoms with van der Waals surface area (Å²) in [5.74, 6) is 0.720. The van der Waals surface area contributed by atoms with Crippen LogP contribution >= 0.6 is 0 Å². The topological polar surface area (TPSA) is 68.3 Å². The first-order valence-electron chi connectivity index (χ1n) is 7.40. The lowest BCUT2D eigenvalue weighted by atomic mass is 9.85. The molecule has 108 valence electrons. The number of hydrogen-bond acceptors (Lipinski definition) is 3. The third-order valence-electron chi connectivity index (χ3n) is 4.64. The van der Waals surface area contributed by atoms with E-state index in [9.17, 15) is 9.59 Å². The third kappa shape index (κ3) is 2.44. The third-order valence-corrected chi connectivity index (χ3v) is 4.64. The van der Waals surface area contributed by atoms with Gasteiger partial charge in [-0.05, 0) is 31.2 Å². The zero-order chi connectivity index (χ0) is 14.1. The van der Waals surface area contributed by atoms with Crippen LogP contribution in [-0.2, 0) is 11.3 Å². The molecule has 2 fully saturated rings. The Labute approximate surface area is 118 Å². The van der Waals surface area contributed by atoms with Crippen LogP contribution in [-0.4, -0.2) is 28.0 Å². The summed E-state index contributed by atoms with van der Waals surface area (Å²) in [6.45, 7) is 0.943. The van der Waals surface area contributed by atoms with Gasteiger partial charge < -0.3 is 15.2 Å². The molecule has 2 atom stereocenters. The van der Waals surface area contributed by atoms with Crippen LogP contribution in [0.25, 0.3) is 0 Å². The predicted octanol–water partition coefficient (Wildman–Crippen LogP) is 1.22. The van der Waals surface area contributed by atoms with Crippen LogP contribution in [0.5, 0.6) is 0 Å². The van der Waals surface area contributed by atoms with Gasteiger partial charge in [-0.3, -0.25) is 9.59 Å². The Bertz CT molecular complexity index is 566. The smallest absolute Gasteiger partial charge is 0.251 e. The molecule has 2 N–H and O–H groups in total.